The van der Waals surface area contributed by atoms with E-state index in [4.69, 9.17) is 11.6 Å². The Balaban J connectivity index is 0.000000245. The van der Waals surface area contributed by atoms with Gasteiger partial charge in [-0.2, -0.15) is 31.3 Å². The van der Waals surface area contributed by atoms with Gasteiger partial charge in [0, 0.05) is 23.6 Å². The Morgan fingerprint density at radius 3 is 2.03 bits per heavy atom. The van der Waals surface area contributed by atoms with Crippen molar-refractivity contribution in [2.24, 2.45) is 0 Å². The van der Waals surface area contributed by atoms with E-state index in [2.05, 4.69) is 38.1 Å². The first-order valence-corrected chi connectivity index (χ1v) is 9.93. The number of nitrogens with zero attached hydrogens (tertiary/aromatic N) is 2. The SMILES string of the molecule is Clc1cnc2nc1Nc1cccc(c1)CNc1cccc(c1)N2.O=C(C(=O)C(F)(F)F)C(F)(F)F. The van der Waals surface area contributed by atoms with Gasteiger partial charge < -0.3 is 16.0 Å². The summed E-state index contributed by atoms with van der Waals surface area (Å²) < 4.78 is 67.0. The molecule has 1 aromatic heterocycles. The van der Waals surface area contributed by atoms with Gasteiger partial charge in [-0.1, -0.05) is 29.8 Å². The number of carbonyl (C=O) groups excluding carboxylic acids is 2. The molecule has 0 amide bonds. The third-order valence-corrected chi connectivity index (χ3v) is 4.55. The number of Topliss-reactive ketones (excluding diaryl/α,β-unsaturated/α-hetero) is 2. The number of carbonyl (C=O) groups is 2. The Bertz CT molecular complexity index is 1230. The minimum atomic E-state index is -5.77. The van der Waals surface area contributed by atoms with Crippen LogP contribution in [-0.4, -0.2) is 33.9 Å². The van der Waals surface area contributed by atoms with Gasteiger partial charge in [-0.25, -0.2) is 4.98 Å². The molecule has 7 nitrogen and oxygen atoms in total. The first-order chi connectivity index (χ1) is 16.3. The highest BCUT2D eigenvalue weighted by Crippen LogP contribution is 2.27. The molecule has 4 rings (SSSR count). The van der Waals surface area contributed by atoms with E-state index in [0.717, 1.165) is 29.2 Å². The smallest absolute Gasteiger partial charge is 0.381 e. The van der Waals surface area contributed by atoms with Gasteiger partial charge in [0.05, 0.1) is 6.20 Å². The molecule has 0 saturated heterocycles. The lowest BCUT2D eigenvalue weighted by Crippen LogP contribution is -2.39. The van der Waals surface area contributed by atoms with Crippen LogP contribution in [0.5, 0.6) is 0 Å². The van der Waals surface area contributed by atoms with Crippen molar-refractivity contribution < 1.29 is 35.9 Å². The van der Waals surface area contributed by atoms with Gasteiger partial charge >= 0.3 is 23.9 Å². The summed E-state index contributed by atoms with van der Waals surface area (Å²) in [5.41, 5.74) is 4.04. The normalized spacial score (nSPS) is 12.7. The minimum absolute atomic E-state index is 0.475. The molecule has 2 heterocycles. The molecule has 0 radical (unpaired) electrons. The molecule has 0 atom stereocenters. The second kappa shape index (κ2) is 10.2. The summed E-state index contributed by atoms with van der Waals surface area (Å²) in [5.74, 6) is -5.75. The third-order valence-electron chi connectivity index (χ3n) is 4.27. The summed E-state index contributed by atoms with van der Waals surface area (Å²) in [6.45, 7) is 0.732. The quantitative estimate of drug-likeness (QED) is 0.278. The number of halogens is 7. The number of nitrogens with one attached hydrogen (secondary N) is 3. The van der Waals surface area contributed by atoms with Crippen LogP contribution in [0.25, 0.3) is 0 Å². The van der Waals surface area contributed by atoms with Crippen molar-refractivity contribution >= 4 is 52.0 Å². The zero-order valence-electron chi connectivity index (χ0n) is 17.3. The summed E-state index contributed by atoms with van der Waals surface area (Å²) in [5, 5.41) is 10.3. The number of aromatic nitrogens is 2. The van der Waals surface area contributed by atoms with Crippen LogP contribution in [0.15, 0.2) is 54.7 Å². The molecule has 1 aliphatic rings. The number of benzene rings is 2. The summed E-state index contributed by atoms with van der Waals surface area (Å²) in [4.78, 5) is 27.9. The van der Waals surface area contributed by atoms with Gasteiger partial charge in [-0.3, -0.25) is 9.59 Å². The molecule has 6 bridgehead atoms. The molecule has 0 aliphatic carbocycles. The number of alkyl halides is 6. The first kappa shape index (κ1) is 25.7. The van der Waals surface area contributed by atoms with Crippen molar-refractivity contribution in [2.45, 2.75) is 18.9 Å². The van der Waals surface area contributed by atoms with Gasteiger partial charge in [-0.05, 0) is 35.9 Å². The van der Waals surface area contributed by atoms with Crippen LogP contribution < -0.4 is 16.0 Å². The van der Waals surface area contributed by atoms with Gasteiger partial charge in [0.15, 0.2) is 5.82 Å². The number of rotatable bonds is 1. The van der Waals surface area contributed by atoms with E-state index in [0.29, 0.717) is 16.8 Å². The Hall–Kier alpha value is -3.87. The zero-order valence-corrected chi connectivity index (χ0v) is 18.0. The second-order valence-corrected chi connectivity index (χ2v) is 7.34. The summed E-state index contributed by atoms with van der Waals surface area (Å²) in [6, 6.07) is 16.1. The molecule has 0 fully saturated rings. The van der Waals surface area contributed by atoms with E-state index in [1.165, 1.54) is 0 Å². The Morgan fingerprint density at radius 1 is 0.829 bits per heavy atom. The number of fused-ring (bicyclic) bond motifs is 6. The van der Waals surface area contributed by atoms with Crippen LogP contribution >= 0.6 is 11.6 Å². The van der Waals surface area contributed by atoms with Crippen molar-refractivity contribution in [1.82, 2.24) is 9.97 Å². The van der Waals surface area contributed by atoms with Crippen molar-refractivity contribution in [3.63, 3.8) is 0 Å². The first-order valence-electron chi connectivity index (χ1n) is 9.55. The molecule has 0 unspecified atom stereocenters. The average molecular weight is 518 g/mol. The van der Waals surface area contributed by atoms with E-state index in [1.54, 1.807) is 6.20 Å². The molecule has 184 valence electrons. The lowest BCUT2D eigenvalue weighted by molar-refractivity contribution is -0.193. The molecule has 3 N–H and O–H groups in total. The van der Waals surface area contributed by atoms with Crippen molar-refractivity contribution in [3.05, 3.63) is 65.3 Å². The topological polar surface area (TPSA) is 96.0 Å². The van der Waals surface area contributed by atoms with Crippen LogP contribution in [0.1, 0.15) is 5.56 Å². The monoisotopic (exact) mass is 517 g/mol. The van der Waals surface area contributed by atoms with Crippen molar-refractivity contribution in [3.8, 4) is 0 Å². The molecule has 2 aromatic carbocycles. The van der Waals surface area contributed by atoms with E-state index < -0.39 is 23.9 Å². The number of ketones is 2. The van der Waals surface area contributed by atoms with Crippen LogP contribution in [0.3, 0.4) is 0 Å². The standard InChI is InChI=1S/C17H14ClN5.C4F6O2/c18-15-10-20-17-22-14-6-2-4-12(8-14)19-9-11-3-1-5-13(7-11)21-16(15)23-17;5-3(6,7)1(11)2(12)4(8,9)10/h1-8,10,19H,9H2,(H2,20,21,22,23);. The average Bonchev–Trinajstić information content (AvgIpc) is 2.78. The summed E-state index contributed by atoms with van der Waals surface area (Å²) >= 11 is 6.21. The highest BCUT2D eigenvalue weighted by atomic mass is 35.5. The molecule has 3 aromatic rings. The molecule has 14 heteroatoms. The van der Waals surface area contributed by atoms with E-state index in [9.17, 15) is 35.9 Å². The van der Waals surface area contributed by atoms with Gasteiger partial charge in [-0.15, -0.1) is 0 Å². The second-order valence-electron chi connectivity index (χ2n) is 6.93. The van der Waals surface area contributed by atoms with Crippen molar-refractivity contribution in [1.29, 1.82) is 0 Å². The Kier molecular flexibility index (Phi) is 7.48. The minimum Gasteiger partial charge on any atom is -0.381 e. The molecular weight excluding hydrogens is 504 g/mol. The lowest BCUT2D eigenvalue weighted by atomic mass is 10.2. The van der Waals surface area contributed by atoms with Crippen LogP contribution in [-0.2, 0) is 16.1 Å². The van der Waals surface area contributed by atoms with Crippen LogP contribution in [0.4, 0.5) is 55.2 Å². The fourth-order valence-electron chi connectivity index (χ4n) is 2.71. The summed E-state index contributed by atoms with van der Waals surface area (Å²) in [6.07, 6.45) is -9.95. The van der Waals surface area contributed by atoms with E-state index in [1.807, 2.05) is 36.4 Å². The van der Waals surface area contributed by atoms with Crippen LogP contribution in [0.2, 0.25) is 5.02 Å². The van der Waals surface area contributed by atoms with Crippen molar-refractivity contribution in [2.75, 3.05) is 16.0 Å². The molecule has 0 saturated carbocycles. The number of anilines is 5. The number of hydrogen-bond donors (Lipinski definition) is 3. The lowest BCUT2D eigenvalue weighted by Gasteiger charge is -2.10. The van der Waals surface area contributed by atoms with Gasteiger partial charge in [0.25, 0.3) is 0 Å². The highest BCUT2D eigenvalue weighted by molar-refractivity contribution is 6.41. The fraction of sp³-hybridized carbons (Fsp3) is 0.143. The highest BCUT2D eigenvalue weighted by Gasteiger charge is 2.54. The predicted octanol–water partition coefficient (Wildman–Crippen LogP) is 5.79. The molecule has 1 aliphatic heterocycles. The van der Waals surface area contributed by atoms with E-state index >= 15 is 0 Å². The van der Waals surface area contributed by atoms with Crippen LogP contribution in [0, 0.1) is 0 Å². The Morgan fingerprint density at radius 2 is 1.40 bits per heavy atom. The van der Waals surface area contributed by atoms with Gasteiger partial charge in [0.1, 0.15) is 5.02 Å². The number of hydrogen-bond acceptors (Lipinski definition) is 7. The molecule has 0 spiro atoms. The maximum atomic E-state index is 11.2. The fourth-order valence-corrected chi connectivity index (χ4v) is 2.85. The summed E-state index contributed by atoms with van der Waals surface area (Å²) in [7, 11) is 0. The largest absolute Gasteiger partial charge is 0.458 e. The Labute approximate surface area is 198 Å². The third kappa shape index (κ3) is 7.06. The maximum absolute atomic E-state index is 11.2. The van der Waals surface area contributed by atoms with E-state index in [-0.39, 0.29) is 0 Å². The molecular formula is C21H14ClF6N5O2. The van der Waals surface area contributed by atoms with Gasteiger partial charge in [0.2, 0.25) is 5.95 Å². The maximum Gasteiger partial charge on any atom is 0.458 e. The zero-order chi connectivity index (χ0) is 25.8. The predicted molar refractivity (Wildman–Crippen MR) is 116 cm³/mol. The molecule has 35 heavy (non-hydrogen) atoms.